The van der Waals surface area contributed by atoms with Gasteiger partial charge in [-0.15, -0.1) is 0 Å². The van der Waals surface area contributed by atoms with E-state index in [0.29, 0.717) is 11.1 Å². The zero-order valence-corrected chi connectivity index (χ0v) is 40.0. The molecule has 380 valence electrons. The Kier molecular flexibility index (Phi) is 21.2. The highest BCUT2D eigenvalue weighted by Gasteiger charge is 2.57. The molecule has 4 rings (SSSR count). The normalized spacial score (nSPS) is 25.4. The Bertz CT molecular complexity index is 2100. The van der Waals surface area contributed by atoms with Crippen LogP contribution in [0.1, 0.15) is 66.5 Å². The van der Waals surface area contributed by atoms with Gasteiger partial charge in [-0.2, -0.15) is 0 Å². The third kappa shape index (κ3) is 17.6. The average Bonchev–Trinajstić information content (AvgIpc) is 3.27. The van der Waals surface area contributed by atoms with Crippen LogP contribution in [-0.2, 0) is 108 Å². The predicted octanol–water partition coefficient (Wildman–Crippen LogP) is 1.74. The maximum atomic E-state index is 14.9. The Hall–Kier alpha value is -5.85. The van der Waals surface area contributed by atoms with Gasteiger partial charge in [0.05, 0.1) is 13.2 Å². The van der Waals surface area contributed by atoms with Gasteiger partial charge in [-0.1, -0.05) is 60.7 Å². The van der Waals surface area contributed by atoms with E-state index in [2.05, 4.69) is 16.0 Å². The maximum Gasteiger partial charge on any atom is 0.477 e. The minimum Gasteiger partial charge on any atom is -0.480 e. The van der Waals surface area contributed by atoms with E-state index in [9.17, 15) is 48.0 Å². The summed E-state index contributed by atoms with van der Waals surface area (Å²) in [7, 11) is -4.85. The van der Waals surface area contributed by atoms with Crippen LogP contribution < -0.4 is 16.0 Å². The van der Waals surface area contributed by atoms with E-state index in [1.54, 1.807) is 60.7 Å². The quantitative estimate of drug-likeness (QED) is 0.0700. The number of carboxylic acid groups (broad SMARTS) is 1. The first-order valence-electron chi connectivity index (χ1n) is 21.5. The molecule has 2 aliphatic rings. The van der Waals surface area contributed by atoms with E-state index in [1.807, 2.05) is 0 Å². The summed E-state index contributed by atoms with van der Waals surface area (Å²) in [5.41, 5.74) is 1.09. The molecule has 0 aliphatic carbocycles. The molecule has 2 heterocycles. The Morgan fingerprint density at radius 1 is 0.623 bits per heavy atom. The van der Waals surface area contributed by atoms with Gasteiger partial charge in [-0.05, 0) is 25.0 Å². The van der Waals surface area contributed by atoms with Crippen molar-refractivity contribution >= 4 is 55.4 Å². The number of carbonyl (C=O) groups is 8. The number of esters is 4. The van der Waals surface area contributed by atoms with Crippen LogP contribution >= 0.6 is 7.82 Å². The highest BCUT2D eigenvalue weighted by molar-refractivity contribution is 7.48. The zero-order chi connectivity index (χ0) is 51.0. The van der Waals surface area contributed by atoms with Crippen LogP contribution in [0.25, 0.3) is 0 Å². The SMILES string of the molecule is CC(=O)N[C@H]1[C@H](O[C@H]2[C@H](O[C@H](C)C(=O)N[C@@H](C)C(=O)O)[C@@H](NC(C)=O)[C@@H](OP(=O)(OCc3ccccc3)OCc3ccccc3)O[C@@H]2COC(C)=O)O[C@H](COC(C)=O)[C@@H](OC(C)=O)[C@@H]1OC(C)=O. The fourth-order valence-electron chi connectivity index (χ4n) is 6.97. The maximum absolute atomic E-state index is 14.9. The number of carboxylic acids is 1. The van der Waals surface area contributed by atoms with Gasteiger partial charge in [-0.25, -0.2) is 4.57 Å². The van der Waals surface area contributed by atoms with Crippen LogP contribution in [-0.4, -0.2) is 139 Å². The second kappa shape index (κ2) is 26.2. The lowest BCUT2D eigenvalue weighted by molar-refractivity contribution is -0.332. The number of benzene rings is 2. The molecule has 2 aromatic rings. The molecular weight excluding hydrogens is 937 g/mol. The van der Waals surface area contributed by atoms with Crippen LogP contribution in [0, 0.1) is 0 Å². The van der Waals surface area contributed by atoms with Gasteiger partial charge in [0.15, 0.2) is 24.8 Å². The summed E-state index contributed by atoms with van der Waals surface area (Å²) in [5.74, 6) is -7.38. The number of hydrogen-bond acceptors (Lipinski definition) is 20. The number of rotatable bonds is 23. The number of nitrogens with one attached hydrogen (secondary N) is 3. The van der Waals surface area contributed by atoms with E-state index >= 15 is 0 Å². The molecule has 0 saturated carbocycles. The van der Waals surface area contributed by atoms with E-state index < -0.39 is 142 Å². The monoisotopic (exact) mass is 995 g/mol. The summed E-state index contributed by atoms with van der Waals surface area (Å²) in [4.78, 5) is 101. The molecule has 25 heteroatoms. The molecule has 0 aromatic heterocycles. The highest BCUT2D eigenvalue weighted by Crippen LogP contribution is 2.53. The minimum atomic E-state index is -4.85. The smallest absolute Gasteiger partial charge is 0.477 e. The van der Waals surface area contributed by atoms with Gasteiger partial charge < -0.3 is 59.0 Å². The van der Waals surface area contributed by atoms with Crippen molar-refractivity contribution in [2.75, 3.05) is 13.2 Å². The lowest BCUT2D eigenvalue weighted by Gasteiger charge is -2.50. The molecule has 2 aliphatic heterocycles. The number of phosphoric ester groups is 1. The van der Waals surface area contributed by atoms with Crippen molar-refractivity contribution in [1.29, 1.82) is 0 Å². The molecule has 3 amide bonds. The molecular formula is C44H58N3O21P. The summed E-state index contributed by atoms with van der Waals surface area (Å²) < 4.78 is 79.9. The number of amides is 3. The van der Waals surface area contributed by atoms with E-state index in [0.717, 1.165) is 41.5 Å². The Morgan fingerprint density at radius 3 is 1.52 bits per heavy atom. The van der Waals surface area contributed by atoms with Crippen molar-refractivity contribution in [1.82, 2.24) is 16.0 Å². The van der Waals surface area contributed by atoms with Crippen molar-refractivity contribution in [3.05, 3.63) is 71.8 Å². The Morgan fingerprint density at radius 2 is 1.07 bits per heavy atom. The lowest BCUT2D eigenvalue weighted by Crippen LogP contribution is -2.70. The molecule has 0 radical (unpaired) electrons. The fraction of sp³-hybridized carbons (Fsp3) is 0.545. The second-order valence-corrected chi connectivity index (χ2v) is 17.4. The summed E-state index contributed by atoms with van der Waals surface area (Å²) in [6, 6.07) is 12.3. The van der Waals surface area contributed by atoms with Crippen molar-refractivity contribution in [2.24, 2.45) is 0 Å². The molecule has 0 bridgehead atoms. The van der Waals surface area contributed by atoms with Gasteiger partial charge in [0.1, 0.15) is 61.9 Å². The van der Waals surface area contributed by atoms with Crippen LogP contribution in [0.4, 0.5) is 0 Å². The number of ether oxygens (including phenoxy) is 8. The molecule has 2 saturated heterocycles. The summed E-state index contributed by atoms with van der Waals surface area (Å²) in [6.45, 7) is 6.77. The third-order valence-corrected chi connectivity index (χ3v) is 11.3. The number of aliphatic carboxylic acids is 1. The van der Waals surface area contributed by atoms with Crippen molar-refractivity contribution in [3.63, 3.8) is 0 Å². The predicted molar refractivity (Wildman–Crippen MR) is 233 cm³/mol. The van der Waals surface area contributed by atoms with Gasteiger partial charge in [0, 0.05) is 41.5 Å². The van der Waals surface area contributed by atoms with Crippen LogP contribution in [0.3, 0.4) is 0 Å². The zero-order valence-electron chi connectivity index (χ0n) is 39.1. The molecule has 0 spiro atoms. The molecule has 24 nitrogen and oxygen atoms in total. The summed E-state index contributed by atoms with van der Waals surface area (Å²) >= 11 is 0. The molecule has 2 aromatic carbocycles. The number of hydrogen-bond donors (Lipinski definition) is 4. The van der Waals surface area contributed by atoms with E-state index in [4.69, 9.17) is 51.5 Å². The van der Waals surface area contributed by atoms with Gasteiger partial charge >= 0.3 is 37.7 Å². The van der Waals surface area contributed by atoms with E-state index in [1.165, 1.54) is 13.8 Å². The van der Waals surface area contributed by atoms with Gasteiger partial charge in [0.2, 0.25) is 17.7 Å². The molecule has 12 atom stereocenters. The molecule has 0 unspecified atom stereocenters. The topological polar surface area (TPSA) is 311 Å². The number of phosphoric acid groups is 1. The van der Waals surface area contributed by atoms with E-state index in [-0.39, 0.29) is 13.2 Å². The van der Waals surface area contributed by atoms with Crippen LogP contribution in [0.2, 0.25) is 0 Å². The summed E-state index contributed by atoms with van der Waals surface area (Å²) in [6.07, 6.45) is -15.3. The fourth-order valence-corrected chi connectivity index (χ4v) is 8.22. The van der Waals surface area contributed by atoms with Crippen molar-refractivity contribution < 1.29 is 99.5 Å². The molecule has 69 heavy (non-hydrogen) atoms. The van der Waals surface area contributed by atoms with Crippen molar-refractivity contribution in [3.8, 4) is 0 Å². The lowest BCUT2D eigenvalue weighted by atomic mass is 9.93. The standard InChI is InChI=1S/C44H58N3O21P/c1-23(42(55)56)45-41(54)24(2)62-39-36(47-26(4)49)44(68-69(57,60-19-31-15-11-9-12-16-31)61-20-32-17-13-10-14-18-32)66-34(22-59-28(6)51)38(39)67-43-35(46-25(3)48)40(64-30(8)53)37(63-29(7)52)33(65-43)21-58-27(5)50/h9-18,23-24,33-40,43-44H,19-22H2,1-8H3,(H,45,54)(H,46,48)(H,47,49)(H,55,56)/t23-,24+,33+,34+,35+,36+,37+,38+,39+,40+,43-,44+/m0/s1. The molecule has 4 N–H and O–H groups in total. The van der Waals surface area contributed by atoms with Crippen LogP contribution in [0.15, 0.2) is 60.7 Å². The first kappa shape index (κ1) is 55.7. The third-order valence-electron chi connectivity index (χ3n) is 9.99. The van der Waals surface area contributed by atoms with Gasteiger partial charge in [-0.3, -0.25) is 51.9 Å². The first-order valence-corrected chi connectivity index (χ1v) is 23.0. The first-order chi connectivity index (χ1) is 32.5. The largest absolute Gasteiger partial charge is 0.480 e. The Labute approximate surface area is 397 Å². The van der Waals surface area contributed by atoms with Gasteiger partial charge in [0.25, 0.3) is 0 Å². The van der Waals surface area contributed by atoms with Crippen molar-refractivity contribution in [2.45, 2.75) is 142 Å². The average molecular weight is 996 g/mol. The van der Waals surface area contributed by atoms with Crippen LogP contribution in [0.5, 0.6) is 0 Å². The summed E-state index contributed by atoms with van der Waals surface area (Å²) in [5, 5.41) is 17.0. The number of carbonyl (C=O) groups excluding carboxylic acids is 7. The second-order valence-electron chi connectivity index (χ2n) is 15.8. The minimum absolute atomic E-state index is 0.332. The Balaban J connectivity index is 1.91. The highest BCUT2D eigenvalue weighted by atomic mass is 31.2. The molecule has 2 fully saturated rings.